The highest BCUT2D eigenvalue weighted by Crippen LogP contribution is 2.50. The van der Waals surface area contributed by atoms with E-state index >= 15 is 0 Å². The number of aromatic nitrogens is 1. The third-order valence-electron chi connectivity index (χ3n) is 7.02. The van der Waals surface area contributed by atoms with Crippen LogP contribution >= 0.6 is 23.1 Å². The van der Waals surface area contributed by atoms with Crippen molar-refractivity contribution in [2.75, 3.05) is 44.0 Å². The summed E-state index contributed by atoms with van der Waals surface area (Å²) in [5.74, 6) is 1.66. The first-order valence-corrected chi connectivity index (χ1v) is 15.7. The summed E-state index contributed by atoms with van der Waals surface area (Å²) in [5.41, 5.74) is 3.02. The minimum atomic E-state index is -0.672. The maximum atomic E-state index is 13.7. The fraction of sp³-hybridized carbons (Fsp3) is 0.400. The molecule has 0 spiro atoms. The highest BCUT2D eigenvalue weighted by Gasteiger charge is 2.30. The number of hydrogen-bond acceptors (Lipinski definition) is 10. The zero-order valence-electron chi connectivity index (χ0n) is 24.6. The molecule has 2 unspecified atom stereocenters. The molecule has 2 amide bonds. The topological polar surface area (TPSA) is 128 Å². The average Bonchev–Trinajstić information content (AvgIpc) is 3.23. The lowest BCUT2D eigenvalue weighted by atomic mass is 9.95. The van der Waals surface area contributed by atoms with Gasteiger partial charge in [-0.05, 0) is 73.1 Å². The van der Waals surface area contributed by atoms with E-state index in [-0.39, 0.29) is 22.9 Å². The lowest BCUT2D eigenvalue weighted by Gasteiger charge is -2.19. The second-order valence-electron chi connectivity index (χ2n) is 9.84. The van der Waals surface area contributed by atoms with Crippen LogP contribution in [0.15, 0.2) is 35.3 Å². The second kappa shape index (κ2) is 13.9. The molecule has 42 heavy (non-hydrogen) atoms. The van der Waals surface area contributed by atoms with Crippen molar-refractivity contribution in [3.63, 3.8) is 0 Å². The van der Waals surface area contributed by atoms with E-state index in [9.17, 15) is 14.4 Å². The average molecular weight is 613 g/mol. The van der Waals surface area contributed by atoms with E-state index in [1.807, 2.05) is 25.3 Å². The van der Waals surface area contributed by atoms with E-state index in [4.69, 9.17) is 14.2 Å². The van der Waals surface area contributed by atoms with Gasteiger partial charge in [0.2, 0.25) is 23.0 Å². The normalized spacial score (nSPS) is 14.5. The van der Waals surface area contributed by atoms with E-state index in [1.54, 1.807) is 45.4 Å². The van der Waals surface area contributed by atoms with Crippen LogP contribution in [0.2, 0.25) is 0 Å². The summed E-state index contributed by atoms with van der Waals surface area (Å²) >= 11 is 3.00. The Kier molecular flexibility index (Phi) is 10.3. The zero-order chi connectivity index (χ0) is 30.4. The first-order valence-electron chi connectivity index (χ1n) is 13.5. The highest BCUT2D eigenvalue weighted by molar-refractivity contribution is 7.98. The second-order valence-corrected chi connectivity index (χ2v) is 12.1. The van der Waals surface area contributed by atoms with E-state index < -0.39 is 12.1 Å². The molecule has 0 saturated heterocycles. The molecule has 3 aromatic rings. The third kappa shape index (κ3) is 6.81. The van der Waals surface area contributed by atoms with Crippen molar-refractivity contribution in [2.45, 2.75) is 45.2 Å². The fourth-order valence-electron chi connectivity index (χ4n) is 5.12. The van der Waals surface area contributed by atoms with E-state index in [0.717, 1.165) is 16.0 Å². The molecule has 224 valence electrons. The summed E-state index contributed by atoms with van der Waals surface area (Å²) < 4.78 is 17.1. The maximum absolute atomic E-state index is 13.7. The summed E-state index contributed by atoms with van der Waals surface area (Å²) in [4.78, 5) is 44.4. The van der Waals surface area contributed by atoms with Crippen LogP contribution in [0.5, 0.6) is 17.2 Å². The largest absolute Gasteiger partial charge is 0.493 e. The van der Waals surface area contributed by atoms with E-state index in [1.165, 1.54) is 24.3 Å². The Bertz CT molecular complexity index is 1530. The lowest BCUT2D eigenvalue weighted by Crippen LogP contribution is -2.36. The Morgan fingerprint density at radius 3 is 2.52 bits per heavy atom. The number of nitrogens with one attached hydrogen (secondary N) is 3. The molecule has 4 rings (SSSR count). The predicted molar refractivity (Wildman–Crippen MR) is 169 cm³/mol. The Morgan fingerprint density at radius 1 is 1.14 bits per heavy atom. The molecule has 0 bridgehead atoms. The number of benzene rings is 1. The van der Waals surface area contributed by atoms with Crippen LogP contribution in [0.3, 0.4) is 0 Å². The van der Waals surface area contributed by atoms with Gasteiger partial charge in [0.05, 0.1) is 33.1 Å². The van der Waals surface area contributed by atoms with Gasteiger partial charge in [0.15, 0.2) is 16.6 Å². The number of ether oxygens (including phenoxy) is 3. The molecule has 3 N–H and O–H groups in total. The molecular formula is C30H36N4O6S2. The number of thioether (sulfide) groups is 1. The lowest BCUT2D eigenvalue weighted by molar-refractivity contribution is -0.120. The van der Waals surface area contributed by atoms with Crippen molar-refractivity contribution in [1.82, 2.24) is 10.3 Å². The quantitative estimate of drug-likeness (QED) is 0.280. The molecule has 1 aliphatic carbocycles. The number of anilines is 2. The van der Waals surface area contributed by atoms with Crippen molar-refractivity contribution in [3.05, 3.63) is 56.7 Å². The van der Waals surface area contributed by atoms with E-state index in [2.05, 4.69) is 20.9 Å². The molecule has 1 heterocycles. The highest BCUT2D eigenvalue weighted by atomic mass is 32.2. The maximum Gasteiger partial charge on any atom is 0.248 e. The molecule has 1 aliphatic rings. The Balaban J connectivity index is 1.84. The minimum Gasteiger partial charge on any atom is -0.493 e. The fourth-order valence-corrected chi connectivity index (χ4v) is 6.26. The van der Waals surface area contributed by atoms with Crippen LogP contribution in [0.25, 0.3) is 11.1 Å². The number of carbonyl (C=O) groups excluding carboxylic acids is 2. The van der Waals surface area contributed by atoms with Crippen molar-refractivity contribution in [1.29, 1.82) is 0 Å². The van der Waals surface area contributed by atoms with Gasteiger partial charge in [-0.15, -0.1) is 11.3 Å². The molecule has 10 nitrogen and oxygen atoms in total. The predicted octanol–water partition coefficient (Wildman–Crippen LogP) is 4.80. The molecule has 0 fully saturated rings. The molecule has 0 saturated carbocycles. The number of fused-ring (bicyclic) bond motifs is 3. The van der Waals surface area contributed by atoms with Crippen LogP contribution in [-0.2, 0) is 16.0 Å². The zero-order valence-corrected chi connectivity index (χ0v) is 26.2. The summed E-state index contributed by atoms with van der Waals surface area (Å²) in [6.45, 7) is 3.37. The van der Waals surface area contributed by atoms with Gasteiger partial charge in [0, 0.05) is 23.6 Å². The third-order valence-corrected chi connectivity index (χ3v) is 8.50. The number of methoxy groups -OCH3 is 3. The smallest absolute Gasteiger partial charge is 0.248 e. The Hall–Kier alpha value is -3.77. The first-order chi connectivity index (χ1) is 20.2. The summed E-state index contributed by atoms with van der Waals surface area (Å²) in [6.07, 6.45) is 5.32. The van der Waals surface area contributed by atoms with E-state index in [0.29, 0.717) is 58.5 Å². The van der Waals surface area contributed by atoms with Crippen molar-refractivity contribution in [2.24, 2.45) is 0 Å². The van der Waals surface area contributed by atoms with Crippen LogP contribution in [-0.4, -0.2) is 56.2 Å². The van der Waals surface area contributed by atoms with Crippen LogP contribution in [0, 0.1) is 6.92 Å². The molecule has 12 heteroatoms. The summed E-state index contributed by atoms with van der Waals surface area (Å²) in [5, 5.41) is 9.58. The number of hydrogen-bond donors (Lipinski definition) is 3. The Morgan fingerprint density at radius 2 is 1.90 bits per heavy atom. The van der Waals surface area contributed by atoms with Gasteiger partial charge in [0.1, 0.15) is 6.04 Å². The summed E-state index contributed by atoms with van der Waals surface area (Å²) in [7, 11) is 4.66. The SMILES string of the molecule is COc1cc2c(c(OC)c1OC)-c1ccc(NC(CCSC)C(=O)Nc3ncc(C)s3)c(=O)cc1C(NC(C)=O)CC2. The molecular weight excluding hydrogens is 576 g/mol. The standard InChI is InChI=1S/C30H36N4O6S2/c1-16-15-31-30(42-16)34-29(37)23(11-12-41-6)33-22-10-8-19-20(14-24(22)36)21(32-17(2)35)9-7-18-13-25(38-3)27(39-4)28(40-5)26(18)19/h8,10,13-15,21,23H,7,9,11-12H2,1-6H3,(H,32,35)(H,33,36)(H,31,34,37). The van der Waals surface area contributed by atoms with Gasteiger partial charge in [-0.25, -0.2) is 4.98 Å². The molecule has 2 aromatic carbocycles. The number of nitrogens with zero attached hydrogens (tertiary/aromatic N) is 1. The first kappa shape index (κ1) is 31.2. The minimum absolute atomic E-state index is 0.206. The van der Waals surface area contributed by atoms with Crippen molar-refractivity contribution >= 4 is 45.7 Å². The van der Waals surface area contributed by atoms with Gasteiger partial charge in [0.25, 0.3) is 0 Å². The Labute approximate surface area is 253 Å². The molecule has 0 aliphatic heterocycles. The number of aryl methyl sites for hydroxylation is 2. The number of thiazole rings is 1. The monoisotopic (exact) mass is 612 g/mol. The van der Waals surface area contributed by atoms with Gasteiger partial charge in [-0.3, -0.25) is 14.4 Å². The number of carbonyl (C=O) groups is 2. The molecule has 2 atom stereocenters. The van der Waals surface area contributed by atoms with Crippen molar-refractivity contribution < 1.29 is 23.8 Å². The van der Waals surface area contributed by atoms with Gasteiger partial charge in [-0.1, -0.05) is 6.07 Å². The van der Waals surface area contributed by atoms with Gasteiger partial charge < -0.3 is 30.2 Å². The van der Waals surface area contributed by atoms with Crippen LogP contribution in [0.4, 0.5) is 10.8 Å². The molecule has 1 aromatic heterocycles. The molecule has 0 radical (unpaired) electrons. The number of amides is 2. The van der Waals surface area contributed by atoms with Gasteiger partial charge >= 0.3 is 0 Å². The summed E-state index contributed by atoms with van der Waals surface area (Å²) in [6, 6.07) is 5.86. The van der Waals surface area contributed by atoms with Crippen LogP contribution < -0.4 is 35.6 Å². The number of rotatable bonds is 11. The van der Waals surface area contributed by atoms with Crippen molar-refractivity contribution in [3.8, 4) is 28.4 Å². The van der Waals surface area contributed by atoms with Crippen LogP contribution in [0.1, 0.15) is 41.8 Å². The van der Waals surface area contributed by atoms with Gasteiger partial charge in [-0.2, -0.15) is 11.8 Å².